The van der Waals surface area contributed by atoms with Crippen LogP contribution < -0.4 is 9.64 Å². The number of rotatable bonds is 3. The van der Waals surface area contributed by atoms with Gasteiger partial charge in [-0.1, -0.05) is 49.4 Å². The lowest BCUT2D eigenvalue weighted by atomic mass is 10.1. The molecule has 22 heavy (non-hydrogen) atoms. The van der Waals surface area contributed by atoms with Gasteiger partial charge in [0.2, 0.25) is 0 Å². The van der Waals surface area contributed by atoms with Gasteiger partial charge in [-0.05, 0) is 23.6 Å². The molecular formula is C18H19NO3. The Morgan fingerprint density at radius 3 is 2.77 bits per heavy atom. The van der Waals surface area contributed by atoms with E-state index in [1.54, 1.807) is 4.90 Å². The van der Waals surface area contributed by atoms with Gasteiger partial charge < -0.3 is 9.47 Å². The van der Waals surface area contributed by atoms with Crippen LogP contribution in [0.15, 0.2) is 48.5 Å². The number of carbonyl (C=O) groups excluding carboxylic acids is 1. The third-order valence-corrected chi connectivity index (χ3v) is 3.73. The highest BCUT2D eigenvalue weighted by atomic mass is 16.6. The van der Waals surface area contributed by atoms with Gasteiger partial charge in [-0.2, -0.15) is 0 Å². The third kappa shape index (κ3) is 2.91. The smallest absolute Gasteiger partial charge is 0.414 e. The number of carbonyl (C=O) groups is 1. The fourth-order valence-electron chi connectivity index (χ4n) is 2.58. The lowest BCUT2D eigenvalue weighted by molar-refractivity contribution is 0.144. The van der Waals surface area contributed by atoms with Crippen molar-refractivity contribution in [1.82, 2.24) is 0 Å². The van der Waals surface area contributed by atoms with E-state index in [0.717, 1.165) is 29.0 Å². The van der Waals surface area contributed by atoms with E-state index in [0.29, 0.717) is 13.2 Å². The molecule has 0 aromatic heterocycles. The largest absolute Gasteiger partial charge is 0.489 e. The van der Waals surface area contributed by atoms with Crippen LogP contribution in [-0.2, 0) is 17.8 Å². The van der Waals surface area contributed by atoms with Gasteiger partial charge >= 0.3 is 6.09 Å². The van der Waals surface area contributed by atoms with Crippen LogP contribution in [0.1, 0.15) is 18.1 Å². The number of fused-ring (bicyclic) bond motifs is 1. The van der Waals surface area contributed by atoms with E-state index >= 15 is 0 Å². The van der Waals surface area contributed by atoms with E-state index in [1.165, 1.54) is 0 Å². The SMILES string of the molecule is CCc1cccc2c1OCCN2C(=O)OCc1ccccc1. The first-order chi connectivity index (χ1) is 10.8. The highest BCUT2D eigenvalue weighted by Gasteiger charge is 2.26. The predicted octanol–water partition coefficient (Wildman–Crippen LogP) is 3.78. The van der Waals surface area contributed by atoms with Crippen molar-refractivity contribution in [2.45, 2.75) is 20.0 Å². The summed E-state index contributed by atoms with van der Waals surface area (Å²) in [6, 6.07) is 15.6. The summed E-state index contributed by atoms with van der Waals surface area (Å²) in [7, 11) is 0. The molecule has 114 valence electrons. The molecular weight excluding hydrogens is 278 g/mol. The summed E-state index contributed by atoms with van der Waals surface area (Å²) in [5.74, 6) is 0.799. The van der Waals surface area contributed by atoms with Gasteiger partial charge in [-0.15, -0.1) is 0 Å². The molecule has 1 aliphatic heterocycles. The van der Waals surface area contributed by atoms with Crippen molar-refractivity contribution in [2.24, 2.45) is 0 Å². The van der Waals surface area contributed by atoms with Gasteiger partial charge in [-0.25, -0.2) is 4.79 Å². The van der Waals surface area contributed by atoms with Crippen molar-refractivity contribution < 1.29 is 14.3 Å². The minimum atomic E-state index is -0.332. The molecule has 1 amide bonds. The van der Waals surface area contributed by atoms with Crippen molar-refractivity contribution in [1.29, 1.82) is 0 Å². The van der Waals surface area contributed by atoms with Gasteiger partial charge in [-0.3, -0.25) is 4.90 Å². The van der Waals surface area contributed by atoms with Crippen LogP contribution in [0.2, 0.25) is 0 Å². The highest BCUT2D eigenvalue weighted by Crippen LogP contribution is 2.35. The topological polar surface area (TPSA) is 38.8 Å². The Balaban J connectivity index is 1.75. The zero-order valence-corrected chi connectivity index (χ0v) is 12.6. The molecule has 0 saturated carbocycles. The van der Waals surface area contributed by atoms with E-state index in [2.05, 4.69) is 6.92 Å². The van der Waals surface area contributed by atoms with Crippen molar-refractivity contribution >= 4 is 11.8 Å². The molecule has 0 bridgehead atoms. The summed E-state index contributed by atoms with van der Waals surface area (Å²) in [5, 5.41) is 0. The number of para-hydroxylation sites is 1. The minimum absolute atomic E-state index is 0.278. The number of ether oxygens (including phenoxy) is 2. The first-order valence-corrected chi connectivity index (χ1v) is 7.52. The number of amides is 1. The van der Waals surface area contributed by atoms with E-state index in [1.807, 2.05) is 48.5 Å². The quantitative estimate of drug-likeness (QED) is 0.865. The zero-order valence-electron chi connectivity index (χ0n) is 12.6. The standard InChI is InChI=1S/C18H19NO3/c1-2-15-9-6-10-16-17(15)21-12-11-19(16)18(20)22-13-14-7-4-3-5-8-14/h3-10H,2,11-13H2,1H3. The molecule has 4 nitrogen and oxygen atoms in total. The van der Waals surface area contributed by atoms with E-state index in [-0.39, 0.29) is 12.7 Å². The van der Waals surface area contributed by atoms with Gasteiger partial charge in [0, 0.05) is 0 Å². The van der Waals surface area contributed by atoms with E-state index in [4.69, 9.17) is 9.47 Å². The summed E-state index contributed by atoms with van der Waals surface area (Å²) in [6.45, 7) is 3.35. The first-order valence-electron chi connectivity index (χ1n) is 7.52. The maximum absolute atomic E-state index is 12.4. The molecule has 4 heteroatoms. The maximum atomic E-state index is 12.4. The molecule has 0 unspecified atom stereocenters. The Kier molecular flexibility index (Phi) is 4.28. The molecule has 2 aromatic rings. The molecule has 0 saturated heterocycles. The number of aryl methyl sites for hydroxylation is 1. The number of anilines is 1. The average molecular weight is 297 g/mol. The van der Waals surface area contributed by atoms with Crippen LogP contribution in [0.5, 0.6) is 5.75 Å². The monoisotopic (exact) mass is 297 g/mol. The highest BCUT2D eigenvalue weighted by molar-refractivity contribution is 5.90. The Hall–Kier alpha value is -2.49. The molecule has 3 rings (SSSR count). The Labute approximate surface area is 130 Å². The fourth-order valence-corrected chi connectivity index (χ4v) is 2.58. The minimum Gasteiger partial charge on any atom is -0.489 e. The maximum Gasteiger partial charge on any atom is 0.414 e. The Bertz CT molecular complexity index is 655. The molecule has 0 aliphatic carbocycles. The van der Waals surface area contributed by atoms with Crippen molar-refractivity contribution in [3.8, 4) is 5.75 Å². The summed E-state index contributed by atoms with van der Waals surface area (Å²) >= 11 is 0. The summed E-state index contributed by atoms with van der Waals surface area (Å²) < 4.78 is 11.2. The van der Waals surface area contributed by atoms with Crippen LogP contribution in [0.25, 0.3) is 0 Å². The number of nitrogens with zero attached hydrogens (tertiary/aromatic N) is 1. The normalized spacial score (nSPS) is 13.2. The van der Waals surface area contributed by atoms with E-state index < -0.39 is 0 Å². The van der Waals surface area contributed by atoms with Gasteiger partial charge in [0.05, 0.1) is 12.2 Å². The first kappa shape index (κ1) is 14.4. The van der Waals surface area contributed by atoms with Crippen molar-refractivity contribution in [3.63, 3.8) is 0 Å². The van der Waals surface area contributed by atoms with Crippen molar-refractivity contribution in [3.05, 3.63) is 59.7 Å². The predicted molar refractivity (Wildman–Crippen MR) is 85.3 cm³/mol. The number of hydrogen-bond donors (Lipinski definition) is 0. The van der Waals surface area contributed by atoms with Gasteiger partial charge in [0.25, 0.3) is 0 Å². The fraction of sp³-hybridized carbons (Fsp3) is 0.278. The molecule has 0 fully saturated rings. The lowest BCUT2D eigenvalue weighted by Gasteiger charge is -2.30. The summed E-state index contributed by atoms with van der Waals surface area (Å²) in [6.07, 6.45) is 0.539. The Morgan fingerprint density at radius 1 is 1.18 bits per heavy atom. The molecule has 2 aromatic carbocycles. The number of hydrogen-bond acceptors (Lipinski definition) is 3. The van der Waals surface area contributed by atoms with E-state index in [9.17, 15) is 4.79 Å². The number of benzene rings is 2. The molecule has 1 aliphatic rings. The lowest BCUT2D eigenvalue weighted by Crippen LogP contribution is -2.38. The van der Waals surface area contributed by atoms with Crippen LogP contribution >= 0.6 is 0 Å². The zero-order chi connectivity index (χ0) is 15.4. The third-order valence-electron chi connectivity index (χ3n) is 3.73. The molecule has 0 radical (unpaired) electrons. The molecule has 0 atom stereocenters. The van der Waals surface area contributed by atoms with Crippen LogP contribution in [0, 0.1) is 0 Å². The molecule has 0 N–H and O–H groups in total. The van der Waals surface area contributed by atoms with Gasteiger partial charge in [0.15, 0.2) is 0 Å². The van der Waals surface area contributed by atoms with Crippen LogP contribution in [0.3, 0.4) is 0 Å². The van der Waals surface area contributed by atoms with Gasteiger partial charge in [0.1, 0.15) is 19.0 Å². The van der Waals surface area contributed by atoms with Crippen LogP contribution in [0.4, 0.5) is 10.5 Å². The Morgan fingerprint density at radius 2 is 2.00 bits per heavy atom. The summed E-state index contributed by atoms with van der Waals surface area (Å²) in [4.78, 5) is 14.0. The average Bonchev–Trinajstić information content (AvgIpc) is 2.59. The second-order valence-electron chi connectivity index (χ2n) is 5.16. The molecule has 1 heterocycles. The second kappa shape index (κ2) is 6.52. The van der Waals surface area contributed by atoms with Crippen LogP contribution in [-0.4, -0.2) is 19.2 Å². The summed E-state index contributed by atoms with van der Waals surface area (Å²) in [5.41, 5.74) is 2.88. The molecule has 0 spiro atoms. The van der Waals surface area contributed by atoms with Crippen molar-refractivity contribution in [2.75, 3.05) is 18.1 Å². The second-order valence-corrected chi connectivity index (χ2v) is 5.16.